The number of carbonyl (C=O) groups is 2. The molecule has 0 spiro atoms. The molecule has 7 nitrogen and oxygen atoms in total. The van der Waals surface area contributed by atoms with Gasteiger partial charge in [-0.2, -0.15) is 0 Å². The van der Waals surface area contributed by atoms with Crippen LogP contribution in [0.5, 0.6) is 11.5 Å². The van der Waals surface area contributed by atoms with Crippen LogP contribution in [0.2, 0.25) is 0 Å². The first-order chi connectivity index (χ1) is 12.0. The number of aliphatic carboxylic acids is 1. The van der Waals surface area contributed by atoms with Gasteiger partial charge in [-0.1, -0.05) is 13.8 Å². The van der Waals surface area contributed by atoms with E-state index < -0.39 is 11.8 Å². The molecule has 2 aliphatic rings. The third-order valence-electron chi connectivity index (χ3n) is 5.00. The van der Waals surface area contributed by atoms with E-state index in [9.17, 15) is 9.59 Å². The molecule has 136 valence electrons. The molecule has 7 heteroatoms. The molecule has 3 rings (SSSR count). The average Bonchev–Trinajstić information content (AvgIpc) is 3.00. The number of ether oxygens (including phenoxy) is 2. The van der Waals surface area contributed by atoms with E-state index in [0.29, 0.717) is 43.1 Å². The number of anilines is 1. The molecule has 0 radical (unpaired) electrons. The number of urea groups is 1. The first-order valence-corrected chi connectivity index (χ1v) is 8.77. The van der Waals surface area contributed by atoms with Gasteiger partial charge in [0, 0.05) is 37.7 Å². The molecule has 1 aromatic rings. The van der Waals surface area contributed by atoms with Crippen molar-refractivity contribution in [1.29, 1.82) is 0 Å². The van der Waals surface area contributed by atoms with Crippen LogP contribution in [0.15, 0.2) is 18.2 Å². The lowest BCUT2D eigenvalue weighted by molar-refractivity contribution is -0.143. The number of carbonyl (C=O) groups excluding carboxylic acids is 1. The van der Waals surface area contributed by atoms with Gasteiger partial charge >= 0.3 is 12.0 Å². The minimum absolute atomic E-state index is 0.222. The van der Waals surface area contributed by atoms with E-state index in [1.54, 1.807) is 23.1 Å². The molecule has 25 heavy (non-hydrogen) atoms. The molecule has 2 heterocycles. The van der Waals surface area contributed by atoms with Crippen molar-refractivity contribution in [1.82, 2.24) is 4.90 Å². The van der Waals surface area contributed by atoms with Crippen LogP contribution in [-0.2, 0) is 4.79 Å². The van der Waals surface area contributed by atoms with E-state index in [1.807, 2.05) is 13.8 Å². The number of rotatable bonds is 4. The number of carboxylic acids is 1. The largest absolute Gasteiger partial charge is 0.481 e. The van der Waals surface area contributed by atoms with E-state index in [0.717, 1.165) is 12.8 Å². The minimum Gasteiger partial charge on any atom is -0.481 e. The van der Waals surface area contributed by atoms with Gasteiger partial charge in [-0.15, -0.1) is 0 Å². The normalized spacial score (nSPS) is 18.9. The van der Waals surface area contributed by atoms with Crippen LogP contribution in [0.1, 0.15) is 39.5 Å². The SMILES string of the molecule is CCC1(CC)Oc2ccc(NC(=O)N3CCC(C(=O)O)CC3)cc2O1. The predicted molar refractivity (Wildman–Crippen MR) is 92.0 cm³/mol. The standard InChI is InChI=1S/C18H24N2O5/c1-3-18(4-2)24-14-6-5-13(11-15(14)25-18)19-17(23)20-9-7-12(8-10-20)16(21)22/h5-6,11-12H,3-4,7-10H2,1-2H3,(H,19,23)(H,21,22). The summed E-state index contributed by atoms with van der Waals surface area (Å²) in [6.45, 7) is 4.92. The maximum atomic E-state index is 12.4. The van der Waals surface area contributed by atoms with Gasteiger partial charge < -0.3 is 24.8 Å². The van der Waals surface area contributed by atoms with Crippen LogP contribution in [0.4, 0.5) is 10.5 Å². The van der Waals surface area contributed by atoms with Crippen molar-refractivity contribution in [3.8, 4) is 11.5 Å². The van der Waals surface area contributed by atoms with Crippen LogP contribution in [0.3, 0.4) is 0 Å². The fourth-order valence-electron chi connectivity index (χ4n) is 3.24. The number of likely N-dealkylation sites (tertiary alicyclic amines) is 1. The summed E-state index contributed by atoms with van der Waals surface area (Å²) in [5.74, 6) is -0.448. The molecular weight excluding hydrogens is 324 g/mol. The Morgan fingerprint density at radius 3 is 2.44 bits per heavy atom. The predicted octanol–water partition coefficient (Wildman–Crippen LogP) is 3.30. The van der Waals surface area contributed by atoms with Gasteiger partial charge in [0.1, 0.15) is 0 Å². The fourth-order valence-corrected chi connectivity index (χ4v) is 3.24. The minimum atomic E-state index is -0.786. The zero-order chi connectivity index (χ0) is 18.0. The van der Waals surface area contributed by atoms with Crippen LogP contribution < -0.4 is 14.8 Å². The van der Waals surface area contributed by atoms with Gasteiger partial charge in [-0.05, 0) is 25.0 Å². The van der Waals surface area contributed by atoms with Gasteiger partial charge in [0.25, 0.3) is 5.79 Å². The van der Waals surface area contributed by atoms with Gasteiger partial charge in [-0.3, -0.25) is 4.79 Å². The Kier molecular flexibility index (Phi) is 4.74. The number of piperidine rings is 1. The highest BCUT2D eigenvalue weighted by Crippen LogP contribution is 2.43. The number of hydrogen-bond acceptors (Lipinski definition) is 4. The number of carboxylic acid groups (broad SMARTS) is 1. The second-order valence-corrected chi connectivity index (χ2v) is 6.51. The Morgan fingerprint density at radius 1 is 1.20 bits per heavy atom. The van der Waals surface area contributed by atoms with E-state index in [-0.39, 0.29) is 11.9 Å². The van der Waals surface area contributed by atoms with E-state index in [4.69, 9.17) is 14.6 Å². The topological polar surface area (TPSA) is 88.1 Å². The van der Waals surface area contributed by atoms with Gasteiger partial charge in [0.05, 0.1) is 5.92 Å². The molecule has 0 bridgehead atoms. The van der Waals surface area contributed by atoms with Crippen molar-refractivity contribution in [2.24, 2.45) is 5.92 Å². The first-order valence-electron chi connectivity index (χ1n) is 8.77. The molecule has 1 saturated heterocycles. The van der Waals surface area contributed by atoms with Crippen LogP contribution >= 0.6 is 0 Å². The number of amides is 2. The molecule has 1 fully saturated rings. The van der Waals surface area contributed by atoms with Crippen LogP contribution in [0.25, 0.3) is 0 Å². The Bertz CT molecular complexity index is 663. The first kappa shape index (κ1) is 17.4. The number of nitrogens with zero attached hydrogens (tertiary/aromatic N) is 1. The van der Waals surface area contributed by atoms with Crippen molar-refractivity contribution in [3.63, 3.8) is 0 Å². The van der Waals surface area contributed by atoms with Crippen molar-refractivity contribution in [2.45, 2.75) is 45.3 Å². The van der Waals surface area contributed by atoms with Crippen LogP contribution in [0, 0.1) is 5.92 Å². The number of benzene rings is 1. The van der Waals surface area contributed by atoms with Crippen molar-refractivity contribution < 1.29 is 24.2 Å². The summed E-state index contributed by atoms with van der Waals surface area (Å²) in [6.07, 6.45) is 2.44. The Labute approximate surface area is 146 Å². The molecule has 0 aromatic heterocycles. The average molecular weight is 348 g/mol. The highest BCUT2D eigenvalue weighted by Gasteiger charge is 2.38. The summed E-state index contributed by atoms with van der Waals surface area (Å²) in [6, 6.07) is 5.13. The van der Waals surface area contributed by atoms with E-state index in [1.165, 1.54) is 0 Å². The lowest BCUT2D eigenvalue weighted by Crippen LogP contribution is -2.42. The summed E-state index contributed by atoms with van der Waals surface area (Å²) in [7, 11) is 0. The monoisotopic (exact) mass is 348 g/mol. The molecule has 0 saturated carbocycles. The van der Waals surface area contributed by atoms with Gasteiger partial charge in [0.2, 0.25) is 0 Å². The van der Waals surface area contributed by atoms with Gasteiger partial charge in [-0.25, -0.2) is 4.79 Å². The summed E-state index contributed by atoms with van der Waals surface area (Å²) in [5.41, 5.74) is 0.635. The van der Waals surface area contributed by atoms with Crippen molar-refractivity contribution in [3.05, 3.63) is 18.2 Å². The zero-order valence-electron chi connectivity index (χ0n) is 14.6. The smallest absolute Gasteiger partial charge is 0.321 e. The molecule has 1 aromatic carbocycles. The van der Waals surface area contributed by atoms with Crippen molar-refractivity contribution in [2.75, 3.05) is 18.4 Å². The Balaban J connectivity index is 1.62. The fraction of sp³-hybridized carbons (Fsp3) is 0.556. The molecule has 2 aliphatic heterocycles. The number of fused-ring (bicyclic) bond motifs is 1. The second kappa shape index (κ2) is 6.82. The molecule has 0 unspecified atom stereocenters. The lowest BCUT2D eigenvalue weighted by Gasteiger charge is -2.30. The highest BCUT2D eigenvalue weighted by atomic mass is 16.7. The maximum Gasteiger partial charge on any atom is 0.321 e. The summed E-state index contributed by atoms with van der Waals surface area (Å²) >= 11 is 0. The zero-order valence-corrected chi connectivity index (χ0v) is 14.6. The van der Waals surface area contributed by atoms with E-state index >= 15 is 0 Å². The molecular formula is C18H24N2O5. The maximum absolute atomic E-state index is 12.4. The molecule has 2 N–H and O–H groups in total. The summed E-state index contributed by atoms with van der Waals surface area (Å²) < 4.78 is 11.9. The summed E-state index contributed by atoms with van der Waals surface area (Å²) in [4.78, 5) is 25.0. The molecule has 2 amide bonds. The van der Waals surface area contributed by atoms with Crippen molar-refractivity contribution >= 4 is 17.7 Å². The number of hydrogen-bond donors (Lipinski definition) is 2. The summed E-state index contributed by atoms with van der Waals surface area (Å²) in [5, 5.41) is 11.9. The molecule has 0 aliphatic carbocycles. The van der Waals surface area contributed by atoms with E-state index in [2.05, 4.69) is 5.32 Å². The Hall–Kier alpha value is -2.44. The number of nitrogens with one attached hydrogen (secondary N) is 1. The third kappa shape index (κ3) is 3.50. The highest BCUT2D eigenvalue weighted by molar-refractivity contribution is 5.90. The quantitative estimate of drug-likeness (QED) is 0.871. The third-order valence-corrected chi connectivity index (χ3v) is 5.00. The van der Waals surface area contributed by atoms with Gasteiger partial charge in [0.15, 0.2) is 11.5 Å². The second-order valence-electron chi connectivity index (χ2n) is 6.51. The Morgan fingerprint density at radius 2 is 1.84 bits per heavy atom. The lowest BCUT2D eigenvalue weighted by atomic mass is 9.97. The molecule has 0 atom stereocenters. The van der Waals surface area contributed by atoms with Crippen LogP contribution in [-0.4, -0.2) is 40.9 Å².